The van der Waals surface area contributed by atoms with E-state index in [4.69, 9.17) is 21.1 Å². The molecule has 5 nitrogen and oxygen atoms in total. The lowest BCUT2D eigenvalue weighted by molar-refractivity contribution is -0.118. The van der Waals surface area contributed by atoms with Crippen molar-refractivity contribution in [2.75, 3.05) is 26.3 Å². The van der Waals surface area contributed by atoms with Crippen molar-refractivity contribution < 1.29 is 14.3 Å². The molecule has 1 amide bonds. The summed E-state index contributed by atoms with van der Waals surface area (Å²) >= 11 is 6.21. The summed E-state index contributed by atoms with van der Waals surface area (Å²) in [5.41, 5.74) is 1.03. The highest BCUT2D eigenvalue weighted by molar-refractivity contribution is 6.32. The summed E-state index contributed by atoms with van der Waals surface area (Å²) in [5.74, 6) is 1.31. The van der Waals surface area contributed by atoms with Gasteiger partial charge in [0.2, 0.25) is 5.91 Å². The highest BCUT2D eigenvalue weighted by Crippen LogP contribution is 2.37. The van der Waals surface area contributed by atoms with E-state index in [1.54, 1.807) is 0 Å². The molecule has 110 valence electrons. The number of halogens is 1. The first-order chi connectivity index (χ1) is 9.66. The SMILES string of the molecule is CC(=O)NCCNCc1cc(Cl)c2c(c1)OCCCO2. The van der Waals surface area contributed by atoms with E-state index in [0.717, 1.165) is 12.0 Å². The summed E-state index contributed by atoms with van der Waals surface area (Å²) in [7, 11) is 0. The Morgan fingerprint density at radius 3 is 2.90 bits per heavy atom. The highest BCUT2D eigenvalue weighted by Gasteiger charge is 2.15. The van der Waals surface area contributed by atoms with Crippen molar-refractivity contribution in [2.45, 2.75) is 19.9 Å². The fraction of sp³-hybridized carbons (Fsp3) is 0.500. The largest absolute Gasteiger partial charge is 0.489 e. The zero-order valence-electron chi connectivity index (χ0n) is 11.5. The summed E-state index contributed by atoms with van der Waals surface area (Å²) in [4.78, 5) is 10.7. The average molecular weight is 299 g/mol. The number of nitrogens with one attached hydrogen (secondary N) is 2. The Kier molecular flexibility index (Phi) is 5.49. The first-order valence-electron chi connectivity index (χ1n) is 6.70. The molecule has 0 saturated heterocycles. The van der Waals surface area contributed by atoms with Gasteiger partial charge in [0.1, 0.15) is 0 Å². The van der Waals surface area contributed by atoms with Crippen LogP contribution in [0.5, 0.6) is 11.5 Å². The zero-order chi connectivity index (χ0) is 14.4. The fourth-order valence-electron chi connectivity index (χ4n) is 1.95. The molecule has 0 fully saturated rings. The second kappa shape index (κ2) is 7.36. The summed E-state index contributed by atoms with van der Waals surface area (Å²) in [6.07, 6.45) is 0.856. The number of ether oxygens (including phenoxy) is 2. The van der Waals surface area contributed by atoms with E-state index in [2.05, 4.69) is 10.6 Å². The van der Waals surface area contributed by atoms with Crippen LogP contribution in [0.25, 0.3) is 0 Å². The fourth-order valence-corrected chi connectivity index (χ4v) is 2.23. The van der Waals surface area contributed by atoms with Gasteiger partial charge in [-0.15, -0.1) is 0 Å². The molecule has 2 N–H and O–H groups in total. The maximum atomic E-state index is 10.7. The van der Waals surface area contributed by atoms with Gasteiger partial charge in [-0.1, -0.05) is 11.6 Å². The van der Waals surface area contributed by atoms with E-state index >= 15 is 0 Å². The van der Waals surface area contributed by atoms with Crippen LogP contribution >= 0.6 is 11.6 Å². The van der Waals surface area contributed by atoms with Crippen LogP contribution in [0, 0.1) is 0 Å². The van der Waals surface area contributed by atoms with Gasteiger partial charge >= 0.3 is 0 Å². The van der Waals surface area contributed by atoms with E-state index in [1.807, 2.05) is 12.1 Å². The Morgan fingerprint density at radius 2 is 2.10 bits per heavy atom. The molecule has 0 unspecified atom stereocenters. The van der Waals surface area contributed by atoms with Gasteiger partial charge in [0.25, 0.3) is 0 Å². The van der Waals surface area contributed by atoms with Gasteiger partial charge < -0.3 is 20.1 Å². The number of hydrogen-bond acceptors (Lipinski definition) is 4. The van der Waals surface area contributed by atoms with Crippen LogP contribution in [0.1, 0.15) is 18.9 Å². The number of rotatable bonds is 5. The third kappa shape index (κ3) is 4.28. The number of amides is 1. The van der Waals surface area contributed by atoms with Crippen molar-refractivity contribution in [3.8, 4) is 11.5 Å². The Labute approximate surface area is 123 Å². The number of hydrogen-bond donors (Lipinski definition) is 2. The van der Waals surface area contributed by atoms with Gasteiger partial charge in [-0.3, -0.25) is 4.79 Å². The van der Waals surface area contributed by atoms with Gasteiger partial charge in [-0.2, -0.15) is 0 Å². The van der Waals surface area contributed by atoms with Crippen LogP contribution in [0.2, 0.25) is 5.02 Å². The molecule has 20 heavy (non-hydrogen) atoms. The lowest BCUT2D eigenvalue weighted by Crippen LogP contribution is -2.29. The van der Waals surface area contributed by atoms with E-state index in [-0.39, 0.29) is 5.91 Å². The summed E-state index contributed by atoms with van der Waals surface area (Å²) in [5, 5.41) is 6.54. The molecule has 2 rings (SSSR count). The Morgan fingerprint density at radius 1 is 1.30 bits per heavy atom. The van der Waals surface area contributed by atoms with E-state index < -0.39 is 0 Å². The molecule has 1 aliphatic rings. The predicted molar refractivity (Wildman–Crippen MR) is 77.4 cm³/mol. The molecule has 1 aromatic carbocycles. The van der Waals surface area contributed by atoms with Crippen molar-refractivity contribution in [1.29, 1.82) is 0 Å². The second-order valence-electron chi connectivity index (χ2n) is 4.62. The molecule has 0 spiro atoms. The molecule has 1 aliphatic heterocycles. The van der Waals surface area contributed by atoms with Gasteiger partial charge in [0, 0.05) is 33.0 Å². The monoisotopic (exact) mass is 298 g/mol. The topological polar surface area (TPSA) is 59.6 Å². The number of fused-ring (bicyclic) bond motifs is 1. The smallest absolute Gasteiger partial charge is 0.216 e. The lowest BCUT2D eigenvalue weighted by atomic mass is 10.2. The van der Waals surface area contributed by atoms with Crippen LogP contribution < -0.4 is 20.1 Å². The maximum absolute atomic E-state index is 10.7. The minimum Gasteiger partial charge on any atom is -0.489 e. The molecule has 0 radical (unpaired) electrons. The molecular formula is C14H19ClN2O3. The minimum atomic E-state index is -0.0228. The number of carbonyl (C=O) groups is 1. The zero-order valence-corrected chi connectivity index (χ0v) is 12.3. The van der Waals surface area contributed by atoms with Crippen molar-refractivity contribution in [3.05, 3.63) is 22.7 Å². The van der Waals surface area contributed by atoms with Crippen molar-refractivity contribution >= 4 is 17.5 Å². The number of carbonyl (C=O) groups excluding carboxylic acids is 1. The summed E-state index contributed by atoms with van der Waals surface area (Å²) < 4.78 is 11.2. The predicted octanol–water partition coefficient (Wildman–Crippen LogP) is 1.73. The van der Waals surface area contributed by atoms with Crippen LogP contribution in [-0.4, -0.2) is 32.2 Å². The molecule has 1 aromatic rings. The first kappa shape index (κ1) is 14.9. The Hall–Kier alpha value is -1.46. The maximum Gasteiger partial charge on any atom is 0.216 e. The highest BCUT2D eigenvalue weighted by atomic mass is 35.5. The molecule has 1 heterocycles. The summed E-state index contributed by atoms with van der Waals surface area (Å²) in [6, 6.07) is 3.82. The van der Waals surface area contributed by atoms with Crippen LogP contribution in [0.15, 0.2) is 12.1 Å². The van der Waals surface area contributed by atoms with Gasteiger partial charge in [0.05, 0.1) is 18.2 Å². The molecule has 0 aromatic heterocycles. The van der Waals surface area contributed by atoms with Crippen molar-refractivity contribution in [3.63, 3.8) is 0 Å². The third-order valence-corrected chi connectivity index (χ3v) is 3.15. The van der Waals surface area contributed by atoms with Gasteiger partial charge in [-0.05, 0) is 17.7 Å². The van der Waals surface area contributed by atoms with Crippen molar-refractivity contribution in [2.24, 2.45) is 0 Å². The standard InChI is InChI=1S/C14H19ClN2O3/c1-10(18)17-4-3-16-9-11-7-12(15)14-13(8-11)19-5-2-6-20-14/h7-8,16H,2-6,9H2,1H3,(H,17,18). The van der Waals surface area contributed by atoms with Crippen molar-refractivity contribution in [1.82, 2.24) is 10.6 Å². The van der Waals surface area contributed by atoms with E-state index in [9.17, 15) is 4.79 Å². The van der Waals surface area contributed by atoms with Crippen LogP contribution in [0.3, 0.4) is 0 Å². The van der Waals surface area contributed by atoms with Gasteiger partial charge in [0.15, 0.2) is 11.5 Å². The Bertz CT molecular complexity index is 480. The average Bonchev–Trinajstić information content (AvgIpc) is 2.63. The summed E-state index contributed by atoms with van der Waals surface area (Å²) in [6.45, 7) is 4.74. The molecule has 0 saturated carbocycles. The lowest BCUT2D eigenvalue weighted by Gasteiger charge is -2.12. The second-order valence-corrected chi connectivity index (χ2v) is 5.02. The molecular weight excluding hydrogens is 280 g/mol. The minimum absolute atomic E-state index is 0.0228. The van der Waals surface area contributed by atoms with Crippen LogP contribution in [0.4, 0.5) is 0 Å². The molecule has 0 aliphatic carbocycles. The normalized spacial score (nSPS) is 13.7. The number of benzene rings is 1. The quantitative estimate of drug-likeness (QED) is 0.813. The van der Waals surface area contributed by atoms with Crippen LogP contribution in [-0.2, 0) is 11.3 Å². The molecule has 0 atom stereocenters. The van der Waals surface area contributed by atoms with E-state index in [1.165, 1.54) is 6.92 Å². The first-order valence-corrected chi connectivity index (χ1v) is 7.08. The van der Waals surface area contributed by atoms with Gasteiger partial charge in [-0.25, -0.2) is 0 Å². The Balaban J connectivity index is 1.90. The van der Waals surface area contributed by atoms with E-state index in [0.29, 0.717) is 49.4 Å². The molecule has 6 heteroatoms. The third-order valence-electron chi connectivity index (χ3n) is 2.87. The molecule has 0 bridgehead atoms.